The van der Waals surface area contributed by atoms with Crippen LogP contribution in [0.15, 0.2) is 4.99 Å². The van der Waals surface area contributed by atoms with Crippen molar-refractivity contribution >= 4 is 36.0 Å². The molecule has 0 aromatic carbocycles. The summed E-state index contributed by atoms with van der Waals surface area (Å²) in [6, 6.07) is 0.584. The van der Waals surface area contributed by atoms with Crippen LogP contribution in [0.5, 0.6) is 0 Å². The van der Waals surface area contributed by atoms with E-state index in [2.05, 4.69) is 27.8 Å². The maximum Gasteiger partial charge on any atom is 0.407 e. The molecule has 0 radical (unpaired) electrons. The fourth-order valence-electron chi connectivity index (χ4n) is 4.20. The van der Waals surface area contributed by atoms with Gasteiger partial charge in [0.05, 0.1) is 6.61 Å². The topological polar surface area (TPSA) is 87.2 Å². The Kier molecular flexibility index (Phi) is 13.8. The number of guanidine groups is 1. The third-order valence-corrected chi connectivity index (χ3v) is 5.96. The number of nitrogens with one attached hydrogen (secondary N) is 3. The smallest absolute Gasteiger partial charge is 0.407 e. The lowest BCUT2D eigenvalue weighted by molar-refractivity contribution is 0.0490. The van der Waals surface area contributed by atoms with Crippen molar-refractivity contribution < 1.29 is 14.3 Å². The molecule has 0 atom stereocenters. The Balaban J connectivity index is 0.00000512. The predicted molar refractivity (Wildman–Crippen MR) is 141 cm³/mol. The zero-order chi connectivity index (χ0) is 22.7. The van der Waals surface area contributed by atoms with Gasteiger partial charge in [-0.25, -0.2) is 4.79 Å². The minimum absolute atomic E-state index is 0. The van der Waals surface area contributed by atoms with E-state index in [4.69, 9.17) is 14.5 Å². The fourth-order valence-corrected chi connectivity index (χ4v) is 4.20. The first-order valence-electron chi connectivity index (χ1n) is 12.0. The normalized spacial score (nSPS) is 23.2. The van der Waals surface area contributed by atoms with Crippen LogP contribution in [0.1, 0.15) is 66.2 Å². The molecule has 0 spiro atoms. The molecule has 1 heterocycles. The highest BCUT2D eigenvalue weighted by Gasteiger charge is 2.25. The lowest BCUT2D eigenvalue weighted by Gasteiger charge is -2.32. The van der Waals surface area contributed by atoms with Gasteiger partial charge in [-0.15, -0.1) is 24.0 Å². The number of likely N-dealkylation sites (tertiary alicyclic amines) is 1. The average molecular weight is 568 g/mol. The monoisotopic (exact) mass is 567 g/mol. The molecule has 0 bridgehead atoms. The Hall–Kier alpha value is -0.810. The Morgan fingerprint density at radius 2 is 1.62 bits per heavy atom. The summed E-state index contributed by atoms with van der Waals surface area (Å²) >= 11 is 0. The van der Waals surface area contributed by atoms with E-state index in [9.17, 15) is 4.79 Å². The van der Waals surface area contributed by atoms with Crippen molar-refractivity contribution in [3.05, 3.63) is 0 Å². The number of amides is 1. The maximum absolute atomic E-state index is 12.0. The number of piperidine rings is 1. The molecule has 2 aliphatic rings. The number of halogens is 1. The van der Waals surface area contributed by atoms with E-state index in [-0.39, 0.29) is 36.1 Å². The molecule has 1 aliphatic heterocycles. The van der Waals surface area contributed by atoms with Crippen molar-refractivity contribution in [1.82, 2.24) is 20.9 Å². The molecule has 1 amide bonds. The van der Waals surface area contributed by atoms with Gasteiger partial charge in [0.15, 0.2) is 5.96 Å². The number of hydrogen-bond acceptors (Lipinski definition) is 5. The molecule has 1 aliphatic carbocycles. The Morgan fingerprint density at radius 3 is 2.16 bits per heavy atom. The van der Waals surface area contributed by atoms with Crippen LogP contribution in [0, 0.1) is 5.92 Å². The number of methoxy groups -OCH3 is 1. The van der Waals surface area contributed by atoms with Crippen molar-refractivity contribution in [2.75, 3.05) is 46.4 Å². The second kappa shape index (κ2) is 15.2. The van der Waals surface area contributed by atoms with Crippen LogP contribution in [0.3, 0.4) is 0 Å². The van der Waals surface area contributed by atoms with Crippen molar-refractivity contribution in [3.8, 4) is 0 Å². The number of hydrogen-bond donors (Lipinski definition) is 3. The van der Waals surface area contributed by atoms with Gasteiger partial charge in [0.2, 0.25) is 0 Å². The summed E-state index contributed by atoms with van der Waals surface area (Å²) in [4.78, 5) is 19.4. The van der Waals surface area contributed by atoms with Crippen LogP contribution in [0.2, 0.25) is 0 Å². The van der Waals surface area contributed by atoms with Crippen LogP contribution in [0.4, 0.5) is 4.79 Å². The number of carbonyl (C=O) groups excluding carboxylic acids is 1. The molecule has 2 rings (SSSR count). The predicted octanol–water partition coefficient (Wildman–Crippen LogP) is 3.35. The van der Waals surface area contributed by atoms with Gasteiger partial charge in [-0.3, -0.25) is 4.99 Å². The van der Waals surface area contributed by atoms with Crippen LogP contribution >= 0.6 is 24.0 Å². The highest BCUT2D eigenvalue weighted by Crippen LogP contribution is 2.20. The molecule has 3 N–H and O–H groups in total. The zero-order valence-corrected chi connectivity index (χ0v) is 23.1. The van der Waals surface area contributed by atoms with Crippen LogP contribution in [-0.2, 0) is 9.47 Å². The van der Waals surface area contributed by atoms with E-state index < -0.39 is 5.60 Å². The standard InChI is InChI=1S/C23H45N5O3.HI/c1-6-24-21(25-17-18-11-13-28(14-12-18)15-16-30-5)26-19-7-9-20(10-8-19)27-22(29)31-23(2,3)4;/h18-20H,6-17H2,1-5H3,(H,27,29)(H2,24,25,26);1H. The van der Waals surface area contributed by atoms with Gasteiger partial charge in [0, 0.05) is 38.8 Å². The largest absolute Gasteiger partial charge is 0.444 e. The lowest BCUT2D eigenvalue weighted by Crippen LogP contribution is -2.48. The van der Waals surface area contributed by atoms with Crippen LogP contribution in [-0.4, -0.2) is 81.1 Å². The number of alkyl carbamates (subject to hydrolysis) is 1. The molecule has 2 fully saturated rings. The number of rotatable bonds is 8. The third-order valence-electron chi connectivity index (χ3n) is 5.96. The van der Waals surface area contributed by atoms with Crippen LogP contribution in [0.25, 0.3) is 0 Å². The first-order chi connectivity index (χ1) is 14.8. The summed E-state index contributed by atoms with van der Waals surface area (Å²) in [7, 11) is 1.76. The summed E-state index contributed by atoms with van der Waals surface area (Å²) in [5, 5.41) is 10.0. The van der Waals surface area contributed by atoms with Gasteiger partial charge in [-0.2, -0.15) is 0 Å². The van der Waals surface area contributed by atoms with Gasteiger partial charge in [-0.1, -0.05) is 0 Å². The van der Waals surface area contributed by atoms with Gasteiger partial charge in [-0.05, 0) is 85.2 Å². The second-order valence-corrected chi connectivity index (χ2v) is 9.84. The fraction of sp³-hybridized carbons (Fsp3) is 0.913. The summed E-state index contributed by atoms with van der Waals surface area (Å²) in [5.74, 6) is 1.58. The molecule has 1 saturated carbocycles. The molecule has 0 aromatic rings. The molecular weight excluding hydrogens is 521 g/mol. The van der Waals surface area contributed by atoms with Gasteiger partial charge >= 0.3 is 6.09 Å². The average Bonchev–Trinajstić information content (AvgIpc) is 2.71. The summed E-state index contributed by atoms with van der Waals surface area (Å²) in [6.07, 6.45) is 6.03. The minimum Gasteiger partial charge on any atom is -0.444 e. The van der Waals surface area contributed by atoms with E-state index in [1.165, 1.54) is 12.8 Å². The first kappa shape index (κ1) is 29.2. The molecule has 0 unspecified atom stereocenters. The third kappa shape index (κ3) is 11.9. The SMILES string of the molecule is CCNC(=NCC1CCN(CCOC)CC1)NC1CCC(NC(=O)OC(C)(C)C)CC1.I. The minimum atomic E-state index is -0.458. The summed E-state index contributed by atoms with van der Waals surface area (Å²) in [6.45, 7) is 13.6. The molecule has 8 nitrogen and oxygen atoms in total. The van der Waals surface area contributed by atoms with Gasteiger partial charge in [0.1, 0.15) is 5.60 Å². The summed E-state index contributed by atoms with van der Waals surface area (Å²) < 4.78 is 10.6. The van der Waals surface area contributed by atoms with Crippen molar-refractivity contribution in [2.24, 2.45) is 10.9 Å². The Morgan fingerprint density at radius 1 is 1.03 bits per heavy atom. The zero-order valence-electron chi connectivity index (χ0n) is 20.7. The second-order valence-electron chi connectivity index (χ2n) is 9.84. The first-order valence-corrected chi connectivity index (χ1v) is 12.0. The highest BCUT2D eigenvalue weighted by atomic mass is 127. The molecule has 188 valence electrons. The van der Waals surface area contributed by atoms with E-state index >= 15 is 0 Å². The quantitative estimate of drug-likeness (QED) is 0.237. The van der Waals surface area contributed by atoms with E-state index in [1.807, 2.05) is 20.8 Å². The summed E-state index contributed by atoms with van der Waals surface area (Å²) in [5.41, 5.74) is -0.458. The van der Waals surface area contributed by atoms with Crippen molar-refractivity contribution in [3.63, 3.8) is 0 Å². The Labute approximate surface area is 212 Å². The van der Waals surface area contributed by atoms with E-state index in [1.54, 1.807) is 7.11 Å². The molecule has 9 heteroatoms. The molecule has 32 heavy (non-hydrogen) atoms. The number of carbonyl (C=O) groups is 1. The van der Waals surface area contributed by atoms with Gasteiger partial charge in [0.25, 0.3) is 0 Å². The Bertz CT molecular complexity index is 554. The van der Waals surface area contributed by atoms with E-state index in [0.717, 1.165) is 71.0 Å². The lowest BCUT2D eigenvalue weighted by atomic mass is 9.91. The van der Waals surface area contributed by atoms with E-state index in [0.29, 0.717) is 12.0 Å². The molecule has 1 saturated heterocycles. The highest BCUT2D eigenvalue weighted by molar-refractivity contribution is 14.0. The molecule has 0 aromatic heterocycles. The van der Waals surface area contributed by atoms with Crippen molar-refractivity contribution in [1.29, 1.82) is 0 Å². The number of nitrogens with zero attached hydrogens (tertiary/aromatic N) is 2. The number of aliphatic imine (C=N–C) groups is 1. The molecular formula is C23H46IN5O3. The van der Waals surface area contributed by atoms with Crippen LogP contribution < -0.4 is 16.0 Å². The maximum atomic E-state index is 12.0. The number of ether oxygens (including phenoxy) is 2. The van der Waals surface area contributed by atoms with Gasteiger partial charge < -0.3 is 30.3 Å². The van der Waals surface area contributed by atoms with Crippen molar-refractivity contribution in [2.45, 2.75) is 83.9 Å².